The Morgan fingerprint density at radius 2 is 1.58 bits per heavy atom. The van der Waals surface area contributed by atoms with Crippen LogP contribution in [0.5, 0.6) is 5.75 Å². The van der Waals surface area contributed by atoms with E-state index in [2.05, 4.69) is 57.0 Å². The van der Waals surface area contributed by atoms with Crippen LogP contribution in [-0.2, 0) is 6.42 Å². The molecule has 0 aliphatic carbocycles. The van der Waals surface area contributed by atoms with Gasteiger partial charge in [-0.3, -0.25) is 0 Å². The summed E-state index contributed by atoms with van der Waals surface area (Å²) in [5.74, 6) is 1.46. The van der Waals surface area contributed by atoms with Crippen molar-refractivity contribution in [2.24, 2.45) is 0 Å². The van der Waals surface area contributed by atoms with E-state index in [1.54, 1.807) is 0 Å². The number of hydrogen-bond acceptors (Lipinski definition) is 4. The van der Waals surface area contributed by atoms with Crippen molar-refractivity contribution < 1.29 is 4.74 Å². The molecule has 5 nitrogen and oxygen atoms in total. The molecular formula is C21H18N4O. The molecule has 0 radical (unpaired) electrons. The zero-order valence-electron chi connectivity index (χ0n) is 14.2. The highest BCUT2D eigenvalue weighted by Gasteiger charge is 2.05. The minimum atomic E-state index is 0.590. The van der Waals surface area contributed by atoms with Crippen molar-refractivity contribution in [3.63, 3.8) is 0 Å². The molecule has 0 aliphatic heterocycles. The first kappa shape index (κ1) is 16.0. The normalized spacial score (nSPS) is 10.6. The quantitative estimate of drug-likeness (QED) is 0.571. The van der Waals surface area contributed by atoms with Crippen LogP contribution in [0.1, 0.15) is 5.56 Å². The van der Waals surface area contributed by atoms with Gasteiger partial charge in [0.1, 0.15) is 5.75 Å². The largest absolute Gasteiger partial charge is 0.493 e. The molecular weight excluding hydrogens is 324 g/mol. The monoisotopic (exact) mass is 342 g/mol. The van der Waals surface area contributed by atoms with Crippen LogP contribution in [0.25, 0.3) is 22.5 Å². The van der Waals surface area contributed by atoms with Gasteiger partial charge in [0.25, 0.3) is 0 Å². The fraction of sp³-hybridized carbons (Fsp3) is 0.0952. The van der Waals surface area contributed by atoms with Gasteiger partial charge in [-0.2, -0.15) is 5.21 Å². The lowest BCUT2D eigenvalue weighted by molar-refractivity contribution is 0.322. The fourth-order valence-electron chi connectivity index (χ4n) is 2.80. The summed E-state index contributed by atoms with van der Waals surface area (Å²) in [6.45, 7) is 0.663. The van der Waals surface area contributed by atoms with Crippen molar-refractivity contribution >= 4 is 0 Å². The van der Waals surface area contributed by atoms with Crippen LogP contribution in [0.2, 0.25) is 0 Å². The smallest absolute Gasteiger partial charge is 0.204 e. The van der Waals surface area contributed by atoms with E-state index in [0.717, 1.165) is 28.9 Å². The summed E-state index contributed by atoms with van der Waals surface area (Å²) in [6, 6.07) is 26.6. The number of tetrazole rings is 1. The second-order valence-electron chi connectivity index (χ2n) is 5.92. The van der Waals surface area contributed by atoms with Crippen LogP contribution in [0, 0.1) is 0 Å². The van der Waals surface area contributed by atoms with E-state index in [1.807, 2.05) is 42.5 Å². The molecule has 128 valence electrons. The molecule has 0 spiro atoms. The molecule has 3 aromatic carbocycles. The third-order valence-corrected chi connectivity index (χ3v) is 4.16. The Bertz CT molecular complexity index is 951. The van der Waals surface area contributed by atoms with Crippen molar-refractivity contribution in [3.05, 3.63) is 84.4 Å². The number of ether oxygens (including phenoxy) is 1. The van der Waals surface area contributed by atoms with Crippen LogP contribution in [0.15, 0.2) is 78.9 Å². The number of H-pyrrole nitrogens is 1. The first-order valence-corrected chi connectivity index (χ1v) is 8.49. The second-order valence-corrected chi connectivity index (χ2v) is 5.92. The molecule has 0 amide bonds. The van der Waals surface area contributed by atoms with Gasteiger partial charge in [-0.25, -0.2) is 0 Å². The molecule has 4 aromatic rings. The Labute approximate surface area is 151 Å². The Morgan fingerprint density at radius 1 is 0.769 bits per heavy atom. The van der Waals surface area contributed by atoms with Gasteiger partial charge in [0.05, 0.1) is 6.61 Å². The number of benzene rings is 3. The number of aromatic amines is 1. The molecule has 5 heteroatoms. The predicted octanol–water partition coefficient (Wildman–Crippen LogP) is 4.16. The fourth-order valence-corrected chi connectivity index (χ4v) is 2.80. The second kappa shape index (κ2) is 7.61. The maximum atomic E-state index is 5.85. The Morgan fingerprint density at radius 3 is 2.35 bits per heavy atom. The van der Waals surface area contributed by atoms with E-state index in [0.29, 0.717) is 12.4 Å². The predicted molar refractivity (Wildman–Crippen MR) is 101 cm³/mol. The molecule has 1 aromatic heterocycles. The van der Waals surface area contributed by atoms with Crippen LogP contribution in [0.3, 0.4) is 0 Å². The lowest BCUT2D eigenvalue weighted by atomic mass is 10.0. The van der Waals surface area contributed by atoms with Crippen molar-refractivity contribution in [2.75, 3.05) is 6.61 Å². The molecule has 4 rings (SSSR count). The maximum Gasteiger partial charge on any atom is 0.204 e. The number of rotatable bonds is 6. The van der Waals surface area contributed by atoms with Crippen LogP contribution in [-0.4, -0.2) is 27.2 Å². The van der Waals surface area contributed by atoms with Gasteiger partial charge in [-0.05, 0) is 40.1 Å². The first-order chi connectivity index (χ1) is 12.9. The average molecular weight is 342 g/mol. The lowest BCUT2D eigenvalue weighted by Crippen LogP contribution is -2.00. The number of nitrogens with one attached hydrogen (secondary N) is 1. The van der Waals surface area contributed by atoms with Gasteiger partial charge in [0.15, 0.2) is 0 Å². The van der Waals surface area contributed by atoms with Crippen LogP contribution in [0.4, 0.5) is 0 Å². The molecule has 0 saturated carbocycles. The lowest BCUT2D eigenvalue weighted by Gasteiger charge is -2.08. The summed E-state index contributed by atoms with van der Waals surface area (Å²) < 4.78 is 5.85. The van der Waals surface area contributed by atoms with E-state index in [4.69, 9.17) is 4.74 Å². The molecule has 26 heavy (non-hydrogen) atoms. The molecule has 0 saturated heterocycles. The van der Waals surface area contributed by atoms with Gasteiger partial charge in [-0.1, -0.05) is 60.7 Å². The molecule has 1 N–H and O–H groups in total. The average Bonchev–Trinajstić information content (AvgIpc) is 3.24. The van der Waals surface area contributed by atoms with Crippen molar-refractivity contribution in [1.82, 2.24) is 20.6 Å². The van der Waals surface area contributed by atoms with Gasteiger partial charge in [0, 0.05) is 12.0 Å². The van der Waals surface area contributed by atoms with Gasteiger partial charge in [0.2, 0.25) is 5.82 Å². The van der Waals surface area contributed by atoms with E-state index in [-0.39, 0.29) is 0 Å². The van der Waals surface area contributed by atoms with Gasteiger partial charge >= 0.3 is 0 Å². The van der Waals surface area contributed by atoms with E-state index >= 15 is 0 Å². The highest BCUT2D eigenvalue weighted by atomic mass is 16.5. The molecule has 0 unspecified atom stereocenters. The molecule has 0 aliphatic rings. The number of hydrogen-bond donors (Lipinski definition) is 1. The Kier molecular flexibility index (Phi) is 4.69. The highest BCUT2D eigenvalue weighted by Crippen LogP contribution is 2.26. The van der Waals surface area contributed by atoms with E-state index < -0.39 is 0 Å². The third kappa shape index (κ3) is 3.78. The summed E-state index contributed by atoms with van der Waals surface area (Å²) in [5.41, 5.74) is 4.43. The van der Waals surface area contributed by atoms with E-state index in [9.17, 15) is 0 Å². The van der Waals surface area contributed by atoms with Crippen LogP contribution < -0.4 is 4.74 Å². The molecule has 0 atom stereocenters. The summed E-state index contributed by atoms with van der Waals surface area (Å²) in [5, 5.41) is 14.1. The number of aromatic nitrogens is 4. The third-order valence-electron chi connectivity index (χ3n) is 4.16. The molecule has 1 heterocycles. The van der Waals surface area contributed by atoms with Crippen molar-refractivity contribution in [2.45, 2.75) is 6.42 Å². The number of nitrogens with zero attached hydrogens (tertiary/aromatic N) is 3. The summed E-state index contributed by atoms with van der Waals surface area (Å²) in [7, 11) is 0. The highest BCUT2D eigenvalue weighted by molar-refractivity contribution is 5.70. The molecule has 0 bridgehead atoms. The van der Waals surface area contributed by atoms with Gasteiger partial charge < -0.3 is 4.74 Å². The van der Waals surface area contributed by atoms with Gasteiger partial charge in [-0.15, -0.1) is 10.2 Å². The Balaban J connectivity index is 1.42. The minimum absolute atomic E-state index is 0.590. The van der Waals surface area contributed by atoms with Crippen molar-refractivity contribution in [3.8, 4) is 28.3 Å². The molecule has 0 fully saturated rings. The SMILES string of the molecule is c1ccc(CCOc2ccc(-c3cccc(-c4nn[nH]n4)c3)cc2)cc1. The van der Waals surface area contributed by atoms with Crippen LogP contribution >= 0.6 is 0 Å². The zero-order chi connectivity index (χ0) is 17.6. The zero-order valence-corrected chi connectivity index (χ0v) is 14.2. The minimum Gasteiger partial charge on any atom is -0.493 e. The standard InChI is InChI=1S/C21H18N4O/c1-2-5-16(6-3-1)13-14-26-20-11-9-17(10-12-20)18-7-4-8-19(15-18)21-22-24-25-23-21/h1-12,15H,13-14H2,(H,22,23,24,25). The maximum absolute atomic E-state index is 5.85. The topological polar surface area (TPSA) is 63.7 Å². The summed E-state index contributed by atoms with van der Waals surface area (Å²) >= 11 is 0. The van der Waals surface area contributed by atoms with E-state index in [1.165, 1.54) is 5.56 Å². The first-order valence-electron chi connectivity index (χ1n) is 8.49. The summed E-state index contributed by atoms with van der Waals surface area (Å²) in [4.78, 5) is 0. The Hall–Kier alpha value is -3.47. The summed E-state index contributed by atoms with van der Waals surface area (Å²) in [6.07, 6.45) is 0.898. The van der Waals surface area contributed by atoms with Crippen molar-refractivity contribution in [1.29, 1.82) is 0 Å².